The fourth-order valence-corrected chi connectivity index (χ4v) is 2.20. The highest BCUT2D eigenvalue weighted by Gasteiger charge is 2.24. The smallest absolute Gasteiger partial charge is 0.224 e. The Balaban J connectivity index is 2.00. The van der Waals surface area contributed by atoms with Gasteiger partial charge in [0.05, 0.1) is 6.17 Å². The Hall–Kier alpha value is -1.84. The highest BCUT2D eigenvalue weighted by atomic mass is 16.2. The van der Waals surface area contributed by atoms with Crippen LogP contribution in [0.25, 0.3) is 0 Å². The van der Waals surface area contributed by atoms with Crippen LogP contribution in [0.3, 0.4) is 0 Å². The summed E-state index contributed by atoms with van der Waals surface area (Å²) in [6, 6.07) is 7.33. The van der Waals surface area contributed by atoms with Gasteiger partial charge in [-0.2, -0.15) is 0 Å². The molecule has 1 fully saturated rings. The second kappa shape index (κ2) is 5.21. The van der Waals surface area contributed by atoms with Gasteiger partial charge in [0, 0.05) is 24.2 Å². The van der Waals surface area contributed by atoms with Crippen molar-refractivity contribution in [3.63, 3.8) is 0 Å². The summed E-state index contributed by atoms with van der Waals surface area (Å²) in [5.41, 5.74) is 1.62. The average molecular weight is 246 g/mol. The molecule has 0 aliphatic carbocycles. The quantitative estimate of drug-likeness (QED) is 0.829. The van der Waals surface area contributed by atoms with E-state index in [1.165, 1.54) is 0 Å². The van der Waals surface area contributed by atoms with Crippen molar-refractivity contribution in [3.8, 4) is 0 Å². The number of ketones is 1. The number of nitrogens with one attached hydrogen (secondary N) is 1. The Kier molecular flexibility index (Phi) is 3.65. The molecule has 1 aliphatic heterocycles. The number of hydrogen-bond acceptors (Lipinski definition) is 3. The van der Waals surface area contributed by atoms with Gasteiger partial charge in [-0.1, -0.05) is 0 Å². The molecule has 0 bridgehead atoms. The molecule has 0 spiro atoms. The number of rotatable bonds is 4. The maximum Gasteiger partial charge on any atom is 0.224 e. The summed E-state index contributed by atoms with van der Waals surface area (Å²) in [6.07, 6.45) is 1.58. The van der Waals surface area contributed by atoms with Gasteiger partial charge >= 0.3 is 0 Å². The Morgan fingerprint density at radius 1 is 1.33 bits per heavy atom. The molecule has 1 atom stereocenters. The molecule has 1 unspecified atom stereocenters. The molecule has 1 heterocycles. The molecule has 1 N–H and O–H groups in total. The van der Waals surface area contributed by atoms with Crippen LogP contribution in [0.5, 0.6) is 0 Å². The number of benzene rings is 1. The van der Waals surface area contributed by atoms with Gasteiger partial charge in [0.1, 0.15) is 0 Å². The summed E-state index contributed by atoms with van der Waals surface area (Å²) < 4.78 is 0. The van der Waals surface area contributed by atoms with Gasteiger partial charge < -0.3 is 10.2 Å². The lowest BCUT2D eigenvalue weighted by Crippen LogP contribution is -2.39. The summed E-state index contributed by atoms with van der Waals surface area (Å²) in [6.45, 7) is 4.34. The number of nitrogens with zero attached hydrogens (tertiary/aromatic N) is 1. The highest BCUT2D eigenvalue weighted by Crippen LogP contribution is 2.17. The molecule has 1 aliphatic rings. The van der Waals surface area contributed by atoms with Crippen molar-refractivity contribution >= 4 is 17.4 Å². The van der Waals surface area contributed by atoms with Crippen molar-refractivity contribution in [3.05, 3.63) is 29.8 Å². The summed E-state index contributed by atoms with van der Waals surface area (Å²) >= 11 is 0. The third-order valence-corrected chi connectivity index (χ3v) is 3.24. The Labute approximate surface area is 107 Å². The van der Waals surface area contributed by atoms with E-state index in [2.05, 4.69) is 5.32 Å². The molecule has 18 heavy (non-hydrogen) atoms. The van der Waals surface area contributed by atoms with Crippen LogP contribution in [0.1, 0.15) is 37.0 Å². The Bertz CT molecular complexity index is 453. The molecular formula is C14H18N2O2. The molecule has 4 heteroatoms. The molecule has 0 aromatic heterocycles. The van der Waals surface area contributed by atoms with Crippen molar-refractivity contribution < 1.29 is 9.59 Å². The zero-order valence-corrected chi connectivity index (χ0v) is 10.8. The van der Waals surface area contributed by atoms with Crippen LogP contribution in [0.2, 0.25) is 0 Å². The van der Waals surface area contributed by atoms with E-state index in [0.717, 1.165) is 18.7 Å². The topological polar surface area (TPSA) is 49.4 Å². The molecular weight excluding hydrogens is 228 g/mol. The minimum Gasteiger partial charge on any atom is -0.365 e. The van der Waals surface area contributed by atoms with E-state index >= 15 is 0 Å². The monoisotopic (exact) mass is 246 g/mol. The van der Waals surface area contributed by atoms with Gasteiger partial charge in [0.15, 0.2) is 5.78 Å². The zero-order chi connectivity index (χ0) is 13.1. The normalized spacial score (nSPS) is 16.8. The number of carbonyl (C=O) groups excluding carboxylic acids is 2. The first-order valence-corrected chi connectivity index (χ1v) is 6.25. The first-order chi connectivity index (χ1) is 8.58. The molecule has 1 amide bonds. The molecule has 96 valence electrons. The summed E-state index contributed by atoms with van der Waals surface area (Å²) in [4.78, 5) is 24.6. The number of Topliss-reactive ketones (excluding diaryl/α,β-unsaturated/α-hetero) is 1. The molecule has 2 rings (SSSR count). The maximum atomic E-state index is 11.6. The standard InChI is InChI=1S/C14H18N2O2/c1-10(17)12-5-7-13(8-6-12)15-11(2)16-9-3-4-14(16)18/h5-8,11,15H,3-4,9H2,1-2H3. The van der Waals surface area contributed by atoms with Crippen LogP contribution in [-0.2, 0) is 4.79 Å². The van der Waals surface area contributed by atoms with E-state index in [1.807, 2.05) is 24.0 Å². The van der Waals surface area contributed by atoms with Crippen molar-refractivity contribution in [2.75, 3.05) is 11.9 Å². The van der Waals surface area contributed by atoms with E-state index in [-0.39, 0.29) is 17.9 Å². The maximum absolute atomic E-state index is 11.6. The molecule has 1 aromatic carbocycles. The predicted octanol–water partition coefficient (Wildman–Crippen LogP) is 2.27. The summed E-state index contributed by atoms with van der Waals surface area (Å²) in [5, 5.41) is 3.27. The SMILES string of the molecule is CC(=O)c1ccc(NC(C)N2CCCC2=O)cc1. The van der Waals surface area contributed by atoms with Gasteiger partial charge in [0.2, 0.25) is 5.91 Å². The third kappa shape index (κ3) is 2.70. The van der Waals surface area contributed by atoms with Gasteiger partial charge in [-0.3, -0.25) is 9.59 Å². The zero-order valence-electron chi connectivity index (χ0n) is 10.8. The average Bonchev–Trinajstić information content (AvgIpc) is 2.76. The van der Waals surface area contributed by atoms with Crippen molar-refractivity contribution in [2.24, 2.45) is 0 Å². The number of carbonyl (C=O) groups is 2. The van der Waals surface area contributed by atoms with E-state index < -0.39 is 0 Å². The minimum absolute atomic E-state index is 0.0109. The second-order valence-electron chi connectivity index (χ2n) is 4.64. The van der Waals surface area contributed by atoms with Crippen LogP contribution in [0.15, 0.2) is 24.3 Å². The molecule has 0 saturated carbocycles. The van der Waals surface area contributed by atoms with Gasteiger partial charge in [0.25, 0.3) is 0 Å². The van der Waals surface area contributed by atoms with Crippen molar-refractivity contribution in [2.45, 2.75) is 32.9 Å². The summed E-state index contributed by atoms with van der Waals surface area (Å²) in [7, 11) is 0. The van der Waals surface area contributed by atoms with Crippen LogP contribution in [0.4, 0.5) is 5.69 Å². The Morgan fingerprint density at radius 2 is 2.00 bits per heavy atom. The third-order valence-electron chi connectivity index (χ3n) is 3.24. The lowest BCUT2D eigenvalue weighted by Gasteiger charge is -2.26. The second-order valence-corrected chi connectivity index (χ2v) is 4.64. The first-order valence-electron chi connectivity index (χ1n) is 6.25. The predicted molar refractivity (Wildman–Crippen MR) is 70.5 cm³/mol. The molecule has 1 saturated heterocycles. The largest absolute Gasteiger partial charge is 0.365 e. The fourth-order valence-electron chi connectivity index (χ4n) is 2.20. The van der Waals surface area contributed by atoms with Gasteiger partial charge in [-0.15, -0.1) is 0 Å². The van der Waals surface area contributed by atoms with E-state index in [4.69, 9.17) is 0 Å². The van der Waals surface area contributed by atoms with Crippen LogP contribution in [-0.4, -0.2) is 29.3 Å². The van der Waals surface area contributed by atoms with E-state index in [0.29, 0.717) is 12.0 Å². The number of anilines is 1. The molecule has 4 nitrogen and oxygen atoms in total. The lowest BCUT2D eigenvalue weighted by atomic mass is 10.1. The lowest BCUT2D eigenvalue weighted by molar-refractivity contribution is -0.128. The highest BCUT2D eigenvalue weighted by molar-refractivity contribution is 5.94. The number of likely N-dealkylation sites (tertiary alicyclic amines) is 1. The van der Waals surface area contributed by atoms with Crippen LogP contribution >= 0.6 is 0 Å². The van der Waals surface area contributed by atoms with Gasteiger partial charge in [-0.25, -0.2) is 0 Å². The molecule has 0 radical (unpaired) electrons. The van der Waals surface area contributed by atoms with Crippen molar-refractivity contribution in [1.82, 2.24) is 4.90 Å². The van der Waals surface area contributed by atoms with E-state index in [9.17, 15) is 9.59 Å². The number of amides is 1. The van der Waals surface area contributed by atoms with Crippen LogP contribution < -0.4 is 5.32 Å². The van der Waals surface area contributed by atoms with Gasteiger partial charge in [-0.05, 0) is 44.5 Å². The fraction of sp³-hybridized carbons (Fsp3) is 0.429. The summed E-state index contributed by atoms with van der Waals surface area (Å²) in [5.74, 6) is 0.264. The first kappa shape index (κ1) is 12.6. The number of hydrogen-bond donors (Lipinski definition) is 1. The van der Waals surface area contributed by atoms with Crippen LogP contribution in [0, 0.1) is 0 Å². The van der Waals surface area contributed by atoms with E-state index in [1.54, 1.807) is 19.1 Å². The van der Waals surface area contributed by atoms with Crippen molar-refractivity contribution in [1.29, 1.82) is 0 Å². The minimum atomic E-state index is -0.0109. The Morgan fingerprint density at radius 3 is 2.50 bits per heavy atom. The molecule has 1 aromatic rings.